The molecule has 0 saturated heterocycles. The fraction of sp³-hybridized carbons (Fsp3) is 0.588. The Labute approximate surface area is 112 Å². The van der Waals surface area contributed by atoms with Gasteiger partial charge in [0.05, 0.1) is 12.0 Å². The Kier molecular flexibility index (Phi) is 4.57. The van der Waals surface area contributed by atoms with Crippen molar-refractivity contribution in [2.24, 2.45) is 11.8 Å². The Morgan fingerprint density at radius 2 is 1.83 bits per heavy atom. The van der Waals surface area contributed by atoms with Crippen LogP contribution in [0, 0.1) is 30.1 Å². The van der Waals surface area contributed by atoms with Crippen LogP contribution in [0.25, 0.3) is 0 Å². The molecule has 1 aromatic rings. The molecule has 1 atom stereocenters. The lowest BCUT2D eigenvalue weighted by molar-refractivity contribution is 0.472. The average Bonchev–Trinajstić information content (AvgIpc) is 2.25. The van der Waals surface area contributed by atoms with Crippen molar-refractivity contribution in [2.45, 2.75) is 53.4 Å². The fourth-order valence-electron chi connectivity index (χ4n) is 2.03. The Hall–Kier alpha value is -1.29. The van der Waals surface area contributed by atoms with Crippen molar-refractivity contribution >= 4 is 0 Å². The minimum absolute atomic E-state index is 0.110. The number of hydrogen-bond acceptors (Lipinski definition) is 1. The van der Waals surface area contributed by atoms with Crippen LogP contribution in [0.3, 0.4) is 0 Å². The normalized spacial score (nSPS) is 13.4. The van der Waals surface area contributed by atoms with Crippen LogP contribution in [0.1, 0.15) is 51.3 Å². The molecule has 1 unspecified atom stereocenters. The van der Waals surface area contributed by atoms with E-state index in [4.69, 9.17) is 0 Å². The van der Waals surface area contributed by atoms with E-state index in [0.717, 1.165) is 6.42 Å². The maximum absolute atomic E-state index is 9.23. The van der Waals surface area contributed by atoms with Gasteiger partial charge in [0.2, 0.25) is 0 Å². The smallest absolute Gasteiger partial charge is 0.0661 e. The first-order chi connectivity index (χ1) is 8.25. The van der Waals surface area contributed by atoms with Crippen LogP contribution in [-0.2, 0) is 11.8 Å². The van der Waals surface area contributed by atoms with E-state index >= 15 is 0 Å². The van der Waals surface area contributed by atoms with Crippen LogP contribution in [0.15, 0.2) is 18.2 Å². The molecular weight excluding hydrogens is 218 g/mol. The van der Waals surface area contributed by atoms with Crippen LogP contribution in [-0.4, -0.2) is 0 Å². The Bertz CT molecular complexity index is 444. The van der Waals surface area contributed by atoms with Crippen LogP contribution in [0.4, 0.5) is 0 Å². The third-order valence-corrected chi connectivity index (χ3v) is 3.63. The first-order valence-corrected chi connectivity index (χ1v) is 6.75. The van der Waals surface area contributed by atoms with Crippen molar-refractivity contribution in [3.05, 3.63) is 34.9 Å². The zero-order valence-electron chi connectivity index (χ0n) is 12.5. The second kappa shape index (κ2) is 5.57. The molecule has 0 fully saturated rings. The zero-order chi connectivity index (χ0) is 13.9. The molecule has 0 heterocycles. The van der Waals surface area contributed by atoms with Crippen LogP contribution in [0.5, 0.6) is 0 Å². The predicted octanol–water partition coefficient (Wildman–Crippen LogP) is 4.63. The summed E-state index contributed by atoms with van der Waals surface area (Å²) in [5.74, 6) is 0.520. The molecule has 0 spiro atoms. The summed E-state index contributed by atoms with van der Waals surface area (Å²) in [6.07, 6.45) is 0.865. The summed E-state index contributed by atoms with van der Waals surface area (Å²) in [6.45, 7) is 13.1. The summed E-state index contributed by atoms with van der Waals surface area (Å²) in [4.78, 5) is 0. The third-order valence-electron chi connectivity index (χ3n) is 3.63. The van der Waals surface area contributed by atoms with E-state index in [1.807, 2.05) is 0 Å². The molecule has 1 rings (SSSR count). The van der Waals surface area contributed by atoms with E-state index in [1.54, 1.807) is 0 Å². The van der Waals surface area contributed by atoms with Gasteiger partial charge in [0.1, 0.15) is 0 Å². The van der Waals surface area contributed by atoms with Gasteiger partial charge in [0, 0.05) is 0 Å². The zero-order valence-corrected chi connectivity index (χ0v) is 12.5. The lowest BCUT2D eigenvalue weighted by Gasteiger charge is -2.22. The lowest BCUT2D eigenvalue weighted by Crippen LogP contribution is -2.14. The van der Waals surface area contributed by atoms with Gasteiger partial charge in [-0.2, -0.15) is 5.26 Å². The van der Waals surface area contributed by atoms with Crippen LogP contribution in [0.2, 0.25) is 0 Å². The second-order valence-corrected chi connectivity index (χ2v) is 6.57. The number of rotatable bonds is 3. The van der Waals surface area contributed by atoms with Crippen molar-refractivity contribution in [3.63, 3.8) is 0 Å². The Morgan fingerprint density at radius 3 is 2.28 bits per heavy atom. The van der Waals surface area contributed by atoms with Gasteiger partial charge in [-0.05, 0) is 41.4 Å². The molecule has 0 bridgehead atoms. The molecule has 0 aromatic heterocycles. The van der Waals surface area contributed by atoms with Crippen molar-refractivity contribution in [1.82, 2.24) is 0 Å². The van der Waals surface area contributed by atoms with E-state index in [1.165, 1.54) is 16.7 Å². The highest BCUT2D eigenvalue weighted by atomic mass is 14.3. The predicted molar refractivity (Wildman–Crippen MR) is 77.5 cm³/mol. The minimum atomic E-state index is 0.110. The van der Waals surface area contributed by atoms with Crippen LogP contribution >= 0.6 is 0 Å². The summed E-state index contributed by atoms with van der Waals surface area (Å²) in [5.41, 5.74) is 4.14. The molecule has 0 radical (unpaired) electrons. The highest BCUT2D eigenvalue weighted by Crippen LogP contribution is 2.26. The Balaban J connectivity index is 3.06. The molecule has 0 aliphatic carbocycles. The van der Waals surface area contributed by atoms with Crippen molar-refractivity contribution < 1.29 is 0 Å². The number of hydrogen-bond donors (Lipinski definition) is 0. The Morgan fingerprint density at radius 1 is 1.22 bits per heavy atom. The molecule has 0 saturated carbocycles. The van der Waals surface area contributed by atoms with Gasteiger partial charge >= 0.3 is 0 Å². The van der Waals surface area contributed by atoms with E-state index < -0.39 is 0 Å². The molecule has 0 N–H and O–H groups in total. The minimum Gasteiger partial charge on any atom is -0.198 e. The quantitative estimate of drug-likeness (QED) is 0.759. The van der Waals surface area contributed by atoms with Gasteiger partial charge in [-0.25, -0.2) is 0 Å². The SMILES string of the molecule is Cc1ccc(C(C)(C)C)cc1CC(C#N)C(C)C. The van der Waals surface area contributed by atoms with E-state index in [2.05, 4.69) is 65.8 Å². The van der Waals surface area contributed by atoms with Crippen molar-refractivity contribution in [1.29, 1.82) is 5.26 Å². The first kappa shape index (κ1) is 14.8. The van der Waals surface area contributed by atoms with Crippen molar-refractivity contribution in [3.8, 4) is 6.07 Å². The molecule has 0 aliphatic rings. The molecular formula is C17H25N. The number of nitrogens with zero attached hydrogens (tertiary/aromatic N) is 1. The maximum Gasteiger partial charge on any atom is 0.0661 e. The molecule has 1 aromatic carbocycles. The van der Waals surface area contributed by atoms with Gasteiger partial charge in [0.25, 0.3) is 0 Å². The fourth-order valence-corrected chi connectivity index (χ4v) is 2.03. The van der Waals surface area contributed by atoms with Gasteiger partial charge in [0.15, 0.2) is 0 Å². The molecule has 98 valence electrons. The molecule has 18 heavy (non-hydrogen) atoms. The van der Waals surface area contributed by atoms with Crippen molar-refractivity contribution in [2.75, 3.05) is 0 Å². The topological polar surface area (TPSA) is 23.8 Å². The van der Waals surface area contributed by atoms with Gasteiger partial charge in [-0.15, -0.1) is 0 Å². The highest BCUT2D eigenvalue weighted by molar-refractivity contribution is 5.35. The number of aryl methyl sites for hydroxylation is 1. The summed E-state index contributed by atoms with van der Waals surface area (Å²) in [6, 6.07) is 9.10. The third kappa shape index (κ3) is 3.60. The van der Waals surface area contributed by atoms with Gasteiger partial charge < -0.3 is 0 Å². The standard InChI is InChI=1S/C17H25N/c1-12(2)15(11-18)9-14-10-16(17(4,5)6)8-7-13(14)3/h7-8,10,12,15H,9H2,1-6H3. The monoisotopic (exact) mass is 243 g/mol. The van der Waals surface area contributed by atoms with Gasteiger partial charge in [-0.1, -0.05) is 52.8 Å². The molecule has 0 aliphatic heterocycles. The summed E-state index contributed by atoms with van der Waals surface area (Å²) in [7, 11) is 0. The summed E-state index contributed by atoms with van der Waals surface area (Å²) < 4.78 is 0. The lowest BCUT2D eigenvalue weighted by atomic mass is 9.82. The number of nitriles is 1. The maximum atomic E-state index is 9.23. The summed E-state index contributed by atoms with van der Waals surface area (Å²) >= 11 is 0. The molecule has 1 heteroatoms. The second-order valence-electron chi connectivity index (χ2n) is 6.57. The average molecular weight is 243 g/mol. The van der Waals surface area contributed by atoms with E-state index in [9.17, 15) is 5.26 Å². The largest absolute Gasteiger partial charge is 0.198 e. The van der Waals surface area contributed by atoms with Gasteiger partial charge in [-0.3, -0.25) is 0 Å². The van der Waals surface area contributed by atoms with Crippen LogP contribution < -0.4 is 0 Å². The molecule has 1 nitrogen and oxygen atoms in total. The highest BCUT2D eigenvalue weighted by Gasteiger charge is 2.18. The van der Waals surface area contributed by atoms with E-state index in [-0.39, 0.29) is 11.3 Å². The van der Waals surface area contributed by atoms with E-state index in [0.29, 0.717) is 5.92 Å². The first-order valence-electron chi connectivity index (χ1n) is 6.75. The molecule has 0 amide bonds. The summed E-state index contributed by atoms with van der Waals surface area (Å²) in [5, 5.41) is 9.23. The number of benzene rings is 1.